The normalized spacial score (nSPS) is 33.4. The summed E-state index contributed by atoms with van der Waals surface area (Å²) < 4.78 is 13.6. The van der Waals surface area contributed by atoms with Crippen molar-refractivity contribution in [2.24, 2.45) is 7.05 Å². The highest BCUT2D eigenvalue weighted by Crippen LogP contribution is 2.37. The standard InChI is InChI=1S/C12H19N3O2/c1-9-14-10(7-15(9)2)11-12(3-5-16-8-12)17-6-4-13-11/h7,11,13H,3-6,8H2,1-2H3. The SMILES string of the molecule is Cc1nc(C2NCCOC23CCOC3)cn1C. The van der Waals surface area contributed by atoms with Crippen molar-refractivity contribution in [2.75, 3.05) is 26.4 Å². The molecule has 5 nitrogen and oxygen atoms in total. The highest BCUT2D eigenvalue weighted by Gasteiger charge is 2.47. The van der Waals surface area contributed by atoms with E-state index in [0.29, 0.717) is 6.61 Å². The van der Waals surface area contributed by atoms with Gasteiger partial charge in [0.05, 0.1) is 24.9 Å². The lowest BCUT2D eigenvalue weighted by atomic mass is 9.89. The molecule has 0 saturated carbocycles. The summed E-state index contributed by atoms with van der Waals surface area (Å²) in [5.41, 5.74) is 0.856. The van der Waals surface area contributed by atoms with Crippen LogP contribution in [0.4, 0.5) is 0 Å². The Hall–Kier alpha value is -0.910. The highest BCUT2D eigenvalue weighted by atomic mass is 16.6. The predicted molar refractivity (Wildman–Crippen MR) is 62.8 cm³/mol. The van der Waals surface area contributed by atoms with Crippen LogP contribution in [0.15, 0.2) is 6.20 Å². The van der Waals surface area contributed by atoms with Crippen molar-refractivity contribution >= 4 is 0 Å². The van der Waals surface area contributed by atoms with E-state index < -0.39 is 0 Å². The van der Waals surface area contributed by atoms with Crippen LogP contribution in [-0.4, -0.2) is 41.5 Å². The first-order chi connectivity index (χ1) is 8.21. The van der Waals surface area contributed by atoms with Crippen LogP contribution in [0.5, 0.6) is 0 Å². The lowest BCUT2D eigenvalue weighted by Crippen LogP contribution is -2.52. The number of nitrogens with zero attached hydrogens (tertiary/aromatic N) is 2. The van der Waals surface area contributed by atoms with Crippen molar-refractivity contribution in [1.29, 1.82) is 0 Å². The minimum absolute atomic E-state index is 0.152. The maximum Gasteiger partial charge on any atom is 0.115 e. The first-order valence-electron chi connectivity index (χ1n) is 6.16. The molecule has 0 bridgehead atoms. The van der Waals surface area contributed by atoms with Gasteiger partial charge in [0.15, 0.2) is 0 Å². The number of aromatic nitrogens is 2. The van der Waals surface area contributed by atoms with E-state index in [-0.39, 0.29) is 11.6 Å². The summed E-state index contributed by atoms with van der Waals surface area (Å²) in [6.45, 7) is 5.10. The summed E-state index contributed by atoms with van der Waals surface area (Å²) in [6.07, 6.45) is 3.03. The van der Waals surface area contributed by atoms with E-state index in [1.54, 1.807) is 0 Å². The molecule has 2 fully saturated rings. The Labute approximate surface area is 101 Å². The summed E-state index contributed by atoms with van der Waals surface area (Å²) in [7, 11) is 2.02. The van der Waals surface area contributed by atoms with Gasteiger partial charge in [0.2, 0.25) is 0 Å². The second kappa shape index (κ2) is 4.08. The number of nitrogens with one attached hydrogen (secondary N) is 1. The fourth-order valence-corrected chi connectivity index (χ4v) is 2.73. The smallest absolute Gasteiger partial charge is 0.115 e. The van der Waals surface area contributed by atoms with Gasteiger partial charge < -0.3 is 19.4 Å². The number of imidazole rings is 1. The van der Waals surface area contributed by atoms with E-state index in [1.165, 1.54) is 0 Å². The molecule has 3 heterocycles. The van der Waals surface area contributed by atoms with Crippen molar-refractivity contribution in [2.45, 2.75) is 25.0 Å². The summed E-state index contributed by atoms with van der Waals surface area (Å²) in [5.74, 6) is 1.03. The highest BCUT2D eigenvalue weighted by molar-refractivity contribution is 5.16. The number of ether oxygens (including phenoxy) is 2. The molecule has 1 aromatic heterocycles. The average Bonchev–Trinajstić information content (AvgIpc) is 2.89. The molecule has 2 aliphatic heterocycles. The lowest BCUT2D eigenvalue weighted by Gasteiger charge is -2.40. The van der Waals surface area contributed by atoms with E-state index in [4.69, 9.17) is 9.47 Å². The molecule has 2 atom stereocenters. The number of morpholine rings is 1. The Morgan fingerprint density at radius 1 is 1.53 bits per heavy atom. The molecule has 17 heavy (non-hydrogen) atoms. The van der Waals surface area contributed by atoms with Crippen LogP contribution in [0.1, 0.15) is 24.0 Å². The Balaban J connectivity index is 1.93. The van der Waals surface area contributed by atoms with Crippen LogP contribution >= 0.6 is 0 Å². The summed E-state index contributed by atoms with van der Waals surface area (Å²) in [5, 5.41) is 3.53. The quantitative estimate of drug-likeness (QED) is 0.775. The van der Waals surface area contributed by atoms with Gasteiger partial charge in [-0.15, -0.1) is 0 Å². The van der Waals surface area contributed by atoms with Gasteiger partial charge in [-0.25, -0.2) is 4.98 Å². The van der Waals surface area contributed by atoms with Crippen LogP contribution < -0.4 is 5.32 Å². The van der Waals surface area contributed by atoms with Crippen LogP contribution in [0.2, 0.25) is 0 Å². The second-order valence-corrected chi connectivity index (χ2v) is 4.93. The Kier molecular flexibility index (Phi) is 2.69. The zero-order valence-electron chi connectivity index (χ0n) is 10.4. The summed E-state index contributed by atoms with van der Waals surface area (Å²) in [6, 6.07) is 0.152. The largest absolute Gasteiger partial charge is 0.378 e. The van der Waals surface area contributed by atoms with Gasteiger partial charge in [-0.1, -0.05) is 0 Å². The van der Waals surface area contributed by atoms with E-state index in [2.05, 4.69) is 21.1 Å². The van der Waals surface area contributed by atoms with Gasteiger partial charge in [0, 0.05) is 32.8 Å². The van der Waals surface area contributed by atoms with Crippen molar-refractivity contribution in [3.8, 4) is 0 Å². The van der Waals surface area contributed by atoms with E-state index in [1.807, 2.05) is 14.0 Å². The monoisotopic (exact) mass is 237 g/mol. The molecule has 0 amide bonds. The topological polar surface area (TPSA) is 48.3 Å². The van der Waals surface area contributed by atoms with E-state index in [9.17, 15) is 0 Å². The molecular formula is C12H19N3O2. The molecule has 0 aromatic carbocycles. The van der Waals surface area contributed by atoms with Gasteiger partial charge in [-0.2, -0.15) is 0 Å². The molecule has 2 saturated heterocycles. The van der Waals surface area contributed by atoms with E-state index >= 15 is 0 Å². The van der Waals surface area contributed by atoms with Crippen molar-refractivity contribution < 1.29 is 9.47 Å². The molecular weight excluding hydrogens is 218 g/mol. The van der Waals surface area contributed by atoms with Crippen molar-refractivity contribution in [1.82, 2.24) is 14.9 Å². The lowest BCUT2D eigenvalue weighted by molar-refractivity contribution is -0.0997. The molecule has 0 radical (unpaired) electrons. The van der Waals surface area contributed by atoms with Crippen LogP contribution in [-0.2, 0) is 16.5 Å². The van der Waals surface area contributed by atoms with Gasteiger partial charge in [-0.3, -0.25) is 0 Å². The first-order valence-corrected chi connectivity index (χ1v) is 6.16. The average molecular weight is 237 g/mol. The number of aryl methyl sites for hydroxylation is 2. The molecule has 1 N–H and O–H groups in total. The van der Waals surface area contributed by atoms with Gasteiger partial charge >= 0.3 is 0 Å². The van der Waals surface area contributed by atoms with E-state index in [0.717, 1.165) is 37.7 Å². The molecule has 1 spiro atoms. The number of rotatable bonds is 1. The van der Waals surface area contributed by atoms with Gasteiger partial charge in [0.25, 0.3) is 0 Å². The molecule has 2 unspecified atom stereocenters. The predicted octanol–water partition coefficient (Wildman–Crippen LogP) is 0.549. The third kappa shape index (κ3) is 1.78. The minimum atomic E-state index is -0.209. The van der Waals surface area contributed by atoms with Crippen molar-refractivity contribution in [3.63, 3.8) is 0 Å². The summed E-state index contributed by atoms with van der Waals surface area (Å²) in [4.78, 5) is 4.62. The zero-order chi connectivity index (χ0) is 11.9. The molecule has 0 aliphatic carbocycles. The fraction of sp³-hybridized carbons (Fsp3) is 0.750. The third-order valence-corrected chi connectivity index (χ3v) is 3.81. The molecule has 94 valence electrons. The molecule has 1 aromatic rings. The zero-order valence-corrected chi connectivity index (χ0v) is 10.4. The Morgan fingerprint density at radius 3 is 3.06 bits per heavy atom. The van der Waals surface area contributed by atoms with Gasteiger partial charge in [-0.05, 0) is 6.92 Å². The maximum atomic E-state index is 6.01. The van der Waals surface area contributed by atoms with Crippen LogP contribution in [0, 0.1) is 6.92 Å². The number of hydrogen-bond acceptors (Lipinski definition) is 4. The molecule has 5 heteroatoms. The third-order valence-electron chi connectivity index (χ3n) is 3.81. The molecule has 3 rings (SSSR count). The minimum Gasteiger partial charge on any atom is -0.378 e. The summed E-state index contributed by atoms with van der Waals surface area (Å²) >= 11 is 0. The molecule has 2 aliphatic rings. The van der Waals surface area contributed by atoms with Gasteiger partial charge in [0.1, 0.15) is 11.4 Å². The Morgan fingerprint density at radius 2 is 2.41 bits per heavy atom. The Bertz CT molecular complexity index is 390. The van der Waals surface area contributed by atoms with Crippen LogP contribution in [0.3, 0.4) is 0 Å². The maximum absolute atomic E-state index is 6.01. The van der Waals surface area contributed by atoms with Crippen molar-refractivity contribution in [3.05, 3.63) is 17.7 Å². The first kappa shape index (κ1) is 11.2. The second-order valence-electron chi connectivity index (χ2n) is 4.93. The fourth-order valence-electron chi connectivity index (χ4n) is 2.73. The number of hydrogen-bond donors (Lipinski definition) is 1. The van der Waals surface area contributed by atoms with Crippen LogP contribution in [0.25, 0.3) is 0 Å².